The van der Waals surface area contributed by atoms with Gasteiger partial charge in [-0.1, -0.05) is 38.2 Å². The smallest absolute Gasteiger partial charge is 0.186 e. The van der Waals surface area contributed by atoms with E-state index in [0.717, 1.165) is 28.5 Å². The molecular formula is C14H18N2OS2. The number of carbonyl (C=O) groups is 1. The number of rotatable bonds is 4. The molecule has 0 radical (unpaired) electrons. The van der Waals surface area contributed by atoms with Crippen LogP contribution in [0.5, 0.6) is 0 Å². The molecular weight excluding hydrogens is 276 g/mol. The molecule has 0 aliphatic rings. The van der Waals surface area contributed by atoms with Crippen LogP contribution in [-0.4, -0.2) is 18.3 Å². The largest absolute Gasteiger partial charge is 0.346 e. The van der Waals surface area contributed by atoms with Gasteiger partial charge >= 0.3 is 0 Å². The fourth-order valence-corrected chi connectivity index (χ4v) is 3.61. The molecule has 2 rings (SSSR count). The Hall–Kier alpha value is -1.20. The summed E-state index contributed by atoms with van der Waals surface area (Å²) in [6.07, 6.45) is 0.917. The van der Waals surface area contributed by atoms with E-state index < -0.39 is 0 Å². The summed E-state index contributed by atoms with van der Waals surface area (Å²) in [6, 6.07) is 4.16. The van der Waals surface area contributed by atoms with E-state index in [1.54, 1.807) is 11.3 Å². The molecule has 0 N–H and O–H groups in total. The predicted octanol–water partition coefficient (Wildman–Crippen LogP) is 3.95. The third kappa shape index (κ3) is 3.22. The molecule has 5 heteroatoms. The van der Waals surface area contributed by atoms with Gasteiger partial charge in [-0.2, -0.15) is 0 Å². The van der Waals surface area contributed by atoms with Crippen molar-refractivity contribution in [3.8, 4) is 0 Å². The van der Waals surface area contributed by atoms with Gasteiger partial charge in [0.2, 0.25) is 0 Å². The number of nitrogens with zero attached hydrogens (tertiary/aromatic N) is 2. The quantitative estimate of drug-likeness (QED) is 0.801. The van der Waals surface area contributed by atoms with Gasteiger partial charge in [-0.25, -0.2) is 4.98 Å². The minimum Gasteiger partial charge on any atom is -0.346 e. The van der Waals surface area contributed by atoms with Crippen LogP contribution in [0.1, 0.15) is 41.0 Å². The van der Waals surface area contributed by atoms with E-state index in [1.807, 2.05) is 13.1 Å². The molecule has 0 saturated carbocycles. The molecule has 0 amide bonds. The number of aromatic nitrogens is 1. The van der Waals surface area contributed by atoms with Crippen LogP contribution in [0, 0.1) is 0 Å². The number of anilines is 1. The first kappa shape index (κ1) is 14.2. The third-order valence-corrected chi connectivity index (χ3v) is 4.72. The second kappa shape index (κ2) is 5.43. The van der Waals surface area contributed by atoms with Crippen molar-refractivity contribution in [2.45, 2.75) is 32.7 Å². The Bertz CT molecular complexity index is 553. The highest BCUT2D eigenvalue weighted by Crippen LogP contribution is 2.33. The van der Waals surface area contributed by atoms with Gasteiger partial charge in [0.05, 0.1) is 17.1 Å². The summed E-state index contributed by atoms with van der Waals surface area (Å²) in [7, 11) is 2.01. The zero-order chi connectivity index (χ0) is 14.0. The van der Waals surface area contributed by atoms with E-state index in [0.29, 0.717) is 0 Å². The number of carbonyl (C=O) groups excluding carboxylic acids is 1. The van der Waals surface area contributed by atoms with Crippen LogP contribution in [-0.2, 0) is 12.0 Å². The second-order valence-corrected chi connectivity index (χ2v) is 7.55. The van der Waals surface area contributed by atoms with E-state index in [9.17, 15) is 4.79 Å². The van der Waals surface area contributed by atoms with E-state index in [2.05, 4.69) is 42.1 Å². The van der Waals surface area contributed by atoms with E-state index >= 15 is 0 Å². The molecule has 0 aliphatic carbocycles. The molecule has 3 nitrogen and oxygen atoms in total. The molecule has 102 valence electrons. The summed E-state index contributed by atoms with van der Waals surface area (Å²) in [4.78, 5) is 20.0. The Morgan fingerprint density at radius 2 is 2.16 bits per heavy atom. The fraction of sp³-hybridized carbons (Fsp3) is 0.429. The van der Waals surface area contributed by atoms with Gasteiger partial charge in [0.15, 0.2) is 11.4 Å². The molecule has 0 saturated heterocycles. The summed E-state index contributed by atoms with van der Waals surface area (Å²) >= 11 is 3.20. The molecule has 2 aromatic rings. The normalized spacial score (nSPS) is 11.6. The van der Waals surface area contributed by atoms with Crippen LogP contribution in [0.3, 0.4) is 0 Å². The van der Waals surface area contributed by atoms with Gasteiger partial charge in [0.25, 0.3) is 0 Å². The van der Waals surface area contributed by atoms with Gasteiger partial charge in [-0.3, -0.25) is 4.79 Å². The Kier molecular flexibility index (Phi) is 4.06. The number of aldehydes is 1. The van der Waals surface area contributed by atoms with Crippen molar-refractivity contribution in [1.82, 2.24) is 4.98 Å². The van der Waals surface area contributed by atoms with Crippen molar-refractivity contribution in [1.29, 1.82) is 0 Å². The van der Waals surface area contributed by atoms with Crippen LogP contribution >= 0.6 is 22.7 Å². The van der Waals surface area contributed by atoms with E-state index in [1.165, 1.54) is 16.2 Å². The molecule has 0 fully saturated rings. The Morgan fingerprint density at radius 3 is 2.63 bits per heavy atom. The SMILES string of the molecule is CN(Cc1cccs1)c1nc(C(C)(C)C)c(C=O)s1. The van der Waals surface area contributed by atoms with Crippen molar-refractivity contribution in [3.63, 3.8) is 0 Å². The lowest BCUT2D eigenvalue weighted by Crippen LogP contribution is -2.17. The van der Waals surface area contributed by atoms with E-state index in [4.69, 9.17) is 0 Å². The monoisotopic (exact) mass is 294 g/mol. The van der Waals surface area contributed by atoms with Crippen LogP contribution in [0.2, 0.25) is 0 Å². The lowest BCUT2D eigenvalue weighted by atomic mass is 9.91. The Morgan fingerprint density at radius 1 is 1.42 bits per heavy atom. The summed E-state index contributed by atoms with van der Waals surface area (Å²) < 4.78 is 0. The summed E-state index contributed by atoms with van der Waals surface area (Å²) in [6.45, 7) is 7.07. The zero-order valence-corrected chi connectivity index (χ0v) is 13.3. The first-order valence-electron chi connectivity index (χ1n) is 6.12. The van der Waals surface area contributed by atoms with Crippen LogP contribution in [0.25, 0.3) is 0 Å². The summed E-state index contributed by atoms with van der Waals surface area (Å²) in [5.74, 6) is 0. The topological polar surface area (TPSA) is 33.2 Å². The number of hydrogen-bond acceptors (Lipinski definition) is 5. The third-order valence-electron chi connectivity index (χ3n) is 2.76. The highest BCUT2D eigenvalue weighted by molar-refractivity contribution is 7.17. The average molecular weight is 294 g/mol. The van der Waals surface area contributed by atoms with Gasteiger partial charge in [0, 0.05) is 17.3 Å². The summed E-state index contributed by atoms with van der Waals surface area (Å²) in [5, 5.41) is 2.98. The Balaban J connectivity index is 2.25. The van der Waals surface area contributed by atoms with Crippen molar-refractivity contribution < 1.29 is 4.79 Å². The molecule has 0 unspecified atom stereocenters. The standard InChI is InChI=1S/C14H18N2OS2/c1-14(2,3)12-11(9-17)19-13(15-12)16(4)8-10-6-5-7-18-10/h5-7,9H,8H2,1-4H3. The predicted molar refractivity (Wildman–Crippen MR) is 82.6 cm³/mol. The van der Waals surface area contributed by atoms with Crippen molar-refractivity contribution in [2.24, 2.45) is 0 Å². The van der Waals surface area contributed by atoms with Gasteiger partial charge in [-0.05, 0) is 11.4 Å². The first-order valence-corrected chi connectivity index (χ1v) is 7.81. The second-order valence-electron chi connectivity index (χ2n) is 5.51. The van der Waals surface area contributed by atoms with Gasteiger partial charge < -0.3 is 4.90 Å². The molecule has 0 spiro atoms. The Labute approximate surface area is 121 Å². The highest BCUT2D eigenvalue weighted by Gasteiger charge is 2.24. The minimum absolute atomic E-state index is 0.102. The van der Waals surface area contributed by atoms with Gasteiger partial charge in [0.1, 0.15) is 0 Å². The van der Waals surface area contributed by atoms with Crippen LogP contribution in [0.4, 0.5) is 5.13 Å². The van der Waals surface area contributed by atoms with Crippen LogP contribution < -0.4 is 4.90 Å². The van der Waals surface area contributed by atoms with Crippen molar-refractivity contribution in [3.05, 3.63) is 33.0 Å². The summed E-state index contributed by atoms with van der Waals surface area (Å²) in [5.41, 5.74) is 0.787. The van der Waals surface area contributed by atoms with E-state index in [-0.39, 0.29) is 5.41 Å². The molecule has 0 aromatic carbocycles. The fourth-order valence-electron chi connectivity index (χ4n) is 1.80. The lowest BCUT2D eigenvalue weighted by molar-refractivity contribution is 0.112. The molecule has 0 atom stereocenters. The molecule has 2 aromatic heterocycles. The molecule has 2 heterocycles. The maximum Gasteiger partial charge on any atom is 0.186 e. The molecule has 0 aliphatic heterocycles. The van der Waals surface area contributed by atoms with Gasteiger partial charge in [-0.15, -0.1) is 11.3 Å². The molecule has 19 heavy (non-hydrogen) atoms. The van der Waals surface area contributed by atoms with Crippen molar-refractivity contribution >= 4 is 34.1 Å². The number of thiophene rings is 1. The maximum atomic E-state index is 11.2. The lowest BCUT2D eigenvalue weighted by Gasteiger charge is -2.17. The zero-order valence-electron chi connectivity index (χ0n) is 11.6. The minimum atomic E-state index is -0.102. The highest BCUT2D eigenvalue weighted by atomic mass is 32.1. The van der Waals surface area contributed by atoms with Crippen LogP contribution in [0.15, 0.2) is 17.5 Å². The maximum absolute atomic E-state index is 11.2. The average Bonchev–Trinajstić information content (AvgIpc) is 2.95. The number of thiazole rings is 1. The molecule has 0 bridgehead atoms. The van der Waals surface area contributed by atoms with Crippen molar-refractivity contribution in [2.75, 3.05) is 11.9 Å². The first-order chi connectivity index (χ1) is 8.91. The number of hydrogen-bond donors (Lipinski definition) is 0.